The van der Waals surface area contributed by atoms with Gasteiger partial charge in [0.1, 0.15) is 12.4 Å². The Morgan fingerprint density at radius 2 is 1.43 bits per heavy atom. The molecule has 0 aliphatic heterocycles. The predicted octanol–water partition coefficient (Wildman–Crippen LogP) is 5.54. The summed E-state index contributed by atoms with van der Waals surface area (Å²) in [5.41, 5.74) is 3.49. The van der Waals surface area contributed by atoms with E-state index in [1.165, 1.54) is 14.7 Å². The van der Waals surface area contributed by atoms with Gasteiger partial charge in [0.05, 0.1) is 0 Å². The molecule has 0 saturated carbocycles. The van der Waals surface area contributed by atoms with Crippen molar-refractivity contribution in [3.8, 4) is 16.9 Å². The first-order chi connectivity index (χ1) is 10.3. The van der Waals surface area contributed by atoms with Crippen molar-refractivity contribution in [1.82, 2.24) is 0 Å². The fraction of sp³-hybridized carbons (Fsp3) is 0.0526. The molecule has 0 aromatic heterocycles. The zero-order valence-corrected chi connectivity index (χ0v) is 13.7. The van der Waals surface area contributed by atoms with Gasteiger partial charge in [0.25, 0.3) is 0 Å². The van der Waals surface area contributed by atoms with E-state index in [0.29, 0.717) is 6.61 Å². The van der Waals surface area contributed by atoms with Gasteiger partial charge in [-0.15, -0.1) is 0 Å². The zero-order chi connectivity index (χ0) is 14.5. The molecule has 3 aromatic rings. The third-order valence-corrected chi connectivity index (χ3v) is 3.93. The van der Waals surface area contributed by atoms with Crippen molar-refractivity contribution < 1.29 is 4.74 Å². The molecule has 0 bridgehead atoms. The van der Waals surface area contributed by atoms with E-state index < -0.39 is 0 Å². The highest BCUT2D eigenvalue weighted by Crippen LogP contribution is 2.32. The Bertz CT molecular complexity index is 708. The summed E-state index contributed by atoms with van der Waals surface area (Å²) < 4.78 is 7.24. The molecule has 1 nitrogen and oxygen atoms in total. The molecular weight excluding hydrogens is 371 g/mol. The molecule has 2 heteroatoms. The fourth-order valence-electron chi connectivity index (χ4n) is 2.21. The van der Waals surface area contributed by atoms with Crippen molar-refractivity contribution in [3.63, 3.8) is 0 Å². The van der Waals surface area contributed by atoms with Gasteiger partial charge in [-0.3, -0.25) is 0 Å². The minimum Gasteiger partial charge on any atom is -0.488 e. The summed E-state index contributed by atoms with van der Waals surface area (Å²) >= 11 is 2.33. The summed E-state index contributed by atoms with van der Waals surface area (Å²) in [7, 11) is 0. The monoisotopic (exact) mass is 386 g/mol. The molecule has 0 fully saturated rings. The normalized spacial score (nSPS) is 10.3. The quantitative estimate of drug-likeness (QED) is 0.536. The molecule has 0 saturated heterocycles. The van der Waals surface area contributed by atoms with Crippen molar-refractivity contribution in [1.29, 1.82) is 0 Å². The smallest absolute Gasteiger partial charge is 0.127 e. The third kappa shape index (κ3) is 3.64. The number of hydrogen-bond acceptors (Lipinski definition) is 1. The van der Waals surface area contributed by atoms with Crippen LogP contribution in [-0.4, -0.2) is 0 Å². The summed E-state index contributed by atoms with van der Waals surface area (Å²) in [5, 5.41) is 0. The minimum absolute atomic E-state index is 0.585. The summed E-state index contributed by atoms with van der Waals surface area (Å²) in [6.45, 7) is 0.585. The highest BCUT2D eigenvalue weighted by molar-refractivity contribution is 14.1. The van der Waals surface area contributed by atoms with E-state index in [9.17, 15) is 0 Å². The summed E-state index contributed by atoms with van der Waals surface area (Å²) in [5.74, 6) is 0.922. The predicted molar refractivity (Wildman–Crippen MR) is 95.4 cm³/mol. The van der Waals surface area contributed by atoms with Crippen molar-refractivity contribution in [3.05, 3.63) is 88.0 Å². The van der Waals surface area contributed by atoms with Crippen LogP contribution in [0.4, 0.5) is 0 Å². The van der Waals surface area contributed by atoms with Gasteiger partial charge in [0.15, 0.2) is 0 Å². The van der Waals surface area contributed by atoms with Crippen LogP contribution in [0.15, 0.2) is 78.9 Å². The SMILES string of the molecule is Ic1ccc(OCc2ccccc2)c(-c2ccccc2)c1. The van der Waals surface area contributed by atoms with Gasteiger partial charge in [-0.25, -0.2) is 0 Å². The number of rotatable bonds is 4. The van der Waals surface area contributed by atoms with E-state index in [0.717, 1.165) is 11.3 Å². The van der Waals surface area contributed by atoms with Crippen LogP contribution in [0.1, 0.15) is 5.56 Å². The second-order valence-corrected chi connectivity index (χ2v) is 6.03. The van der Waals surface area contributed by atoms with E-state index in [-0.39, 0.29) is 0 Å². The maximum Gasteiger partial charge on any atom is 0.127 e. The molecule has 3 aromatic carbocycles. The van der Waals surface area contributed by atoms with Crippen molar-refractivity contribution in [2.24, 2.45) is 0 Å². The molecule has 0 N–H and O–H groups in total. The van der Waals surface area contributed by atoms with Crippen molar-refractivity contribution in [2.45, 2.75) is 6.61 Å². The fourth-order valence-corrected chi connectivity index (χ4v) is 2.70. The molecule has 0 atom stereocenters. The maximum absolute atomic E-state index is 6.03. The molecule has 0 heterocycles. The Kier molecular flexibility index (Phi) is 4.55. The van der Waals surface area contributed by atoms with Crippen LogP contribution in [0.5, 0.6) is 5.75 Å². The van der Waals surface area contributed by atoms with E-state index in [1.807, 2.05) is 30.3 Å². The van der Waals surface area contributed by atoms with Crippen LogP contribution >= 0.6 is 22.6 Å². The van der Waals surface area contributed by atoms with Crippen LogP contribution in [0.3, 0.4) is 0 Å². The Hall–Kier alpha value is -1.81. The van der Waals surface area contributed by atoms with Gasteiger partial charge in [-0.1, -0.05) is 60.7 Å². The van der Waals surface area contributed by atoms with E-state index >= 15 is 0 Å². The zero-order valence-electron chi connectivity index (χ0n) is 11.5. The topological polar surface area (TPSA) is 9.23 Å². The number of halogens is 1. The molecule has 0 aliphatic rings. The highest BCUT2D eigenvalue weighted by Gasteiger charge is 2.07. The lowest BCUT2D eigenvalue weighted by Gasteiger charge is -2.12. The number of ether oxygens (including phenoxy) is 1. The van der Waals surface area contributed by atoms with Crippen LogP contribution in [0, 0.1) is 3.57 Å². The van der Waals surface area contributed by atoms with Crippen molar-refractivity contribution in [2.75, 3.05) is 0 Å². The third-order valence-electron chi connectivity index (χ3n) is 3.26. The second kappa shape index (κ2) is 6.76. The second-order valence-electron chi connectivity index (χ2n) is 4.78. The first-order valence-corrected chi connectivity index (χ1v) is 7.92. The van der Waals surface area contributed by atoms with Crippen molar-refractivity contribution >= 4 is 22.6 Å². The molecular formula is C19H15IO. The molecule has 0 radical (unpaired) electrons. The molecule has 104 valence electrons. The Morgan fingerprint density at radius 3 is 2.14 bits per heavy atom. The molecule has 0 spiro atoms. The van der Waals surface area contributed by atoms with Gasteiger partial charge in [-0.05, 0) is 51.9 Å². The van der Waals surface area contributed by atoms with E-state index in [4.69, 9.17) is 4.74 Å². The summed E-state index contributed by atoms with van der Waals surface area (Å²) in [6.07, 6.45) is 0. The Morgan fingerprint density at radius 1 is 0.762 bits per heavy atom. The highest BCUT2D eigenvalue weighted by atomic mass is 127. The lowest BCUT2D eigenvalue weighted by molar-refractivity contribution is 0.307. The lowest BCUT2D eigenvalue weighted by atomic mass is 10.0. The molecule has 0 aliphatic carbocycles. The van der Waals surface area contributed by atoms with Crippen LogP contribution < -0.4 is 4.74 Å². The summed E-state index contributed by atoms with van der Waals surface area (Å²) in [6, 6.07) is 26.9. The van der Waals surface area contributed by atoms with Crippen LogP contribution in [0.2, 0.25) is 0 Å². The van der Waals surface area contributed by atoms with Gasteiger partial charge in [-0.2, -0.15) is 0 Å². The number of benzene rings is 3. The molecule has 21 heavy (non-hydrogen) atoms. The van der Waals surface area contributed by atoms with Gasteiger partial charge in [0, 0.05) is 9.13 Å². The largest absolute Gasteiger partial charge is 0.488 e. The van der Waals surface area contributed by atoms with E-state index in [1.54, 1.807) is 0 Å². The average molecular weight is 386 g/mol. The first kappa shape index (κ1) is 14.1. The molecule has 3 rings (SSSR count). The van der Waals surface area contributed by atoms with Gasteiger partial charge < -0.3 is 4.74 Å². The first-order valence-electron chi connectivity index (χ1n) is 6.84. The number of hydrogen-bond donors (Lipinski definition) is 0. The molecule has 0 unspecified atom stereocenters. The standard InChI is InChI=1S/C19H15IO/c20-17-11-12-19(21-14-15-7-3-1-4-8-15)18(13-17)16-9-5-2-6-10-16/h1-13H,14H2. The Balaban J connectivity index is 1.88. The van der Waals surface area contributed by atoms with Crippen LogP contribution in [0.25, 0.3) is 11.1 Å². The average Bonchev–Trinajstić information content (AvgIpc) is 2.55. The molecule has 0 amide bonds. The van der Waals surface area contributed by atoms with Gasteiger partial charge >= 0.3 is 0 Å². The van der Waals surface area contributed by atoms with Crippen LogP contribution in [-0.2, 0) is 6.61 Å². The lowest BCUT2D eigenvalue weighted by Crippen LogP contribution is -1.97. The van der Waals surface area contributed by atoms with Gasteiger partial charge in [0.2, 0.25) is 0 Å². The maximum atomic E-state index is 6.03. The van der Waals surface area contributed by atoms with E-state index in [2.05, 4.69) is 71.1 Å². The Labute approximate surface area is 138 Å². The minimum atomic E-state index is 0.585. The summed E-state index contributed by atoms with van der Waals surface area (Å²) in [4.78, 5) is 0.